The molecule has 0 saturated carbocycles. The number of halogens is 1. The van der Waals surface area contributed by atoms with E-state index in [-0.39, 0.29) is 11.9 Å². The first-order valence-corrected chi connectivity index (χ1v) is 7.27. The Kier molecular flexibility index (Phi) is 4.49. The molecule has 0 bridgehead atoms. The van der Waals surface area contributed by atoms with Crippen LogP contribution in [-0.2, 0) is 6.42 Å². The predicted octanol–water partition coefficient (Wildman–Crippen LogP) is 3.27. The zero-order valence-electron chi connectivity index (χ0n) is 9.89. The third-order valence-electron chi connectivity index (χ3n) is 2.45. The Bertz CT molecular complexity index is 528. The van der Waals surface area contributed by atoms with Crippen LogP contribution >= 0.6 is 27.3 Å². The largest absolute Gasteiger partial charge is 0.349 e. The zero-order valence-corrected chi connectivity index (χ0v) is 12.3. The molecule has 1 atom stereocenters. The molecule has 0 aromatic carbocycles. The molecule has 0 radical (unpaired) electrons. The first-order valence-electron chi connectivity index (χ1n) is 5.60. The summed E-state index contributed by atoms with van der Waals surface area (Å²) >= 11 is 4.96. The summed E-state index contributed by atoms with van der Waals surface area (Å²) in [4.78, 5) is 17.3. The molecule has 0 fully saturated rings. The van der Waals surface area contributed by atoms with E-state index >= 15 is 0 Å². The lowest BCUT2D eigenvalue weighted by molar-refractivity contribution is 0.0940. The molecule has 18 heavy (non-hydrogen) atoms. The lowest BCUT2D eigenvalue weighted by atomic mass is 10.2. The van der Waals surface area contributed by atoms with Crippen molar-refractivity contribution in [2.24, 2.45) is 0 Å². The van der Waals surface area contributed by atoms with Gasteiger partial charge in [0.05, 0.1) is 0 Å². The molecule has 2 heterocycles. The zero-order chi connectivity index (χ0) is 13.0. The van der Waals surface area contributed by atoms with Crippen LogP contribution in [0.2, 0.25) is 0 Å². The number of rotatable bonds is 4. The molecule has 0 aliphatic heterocycles. The minimum atomic E-state index is -0.0674. The summed E-state index contributed by atoms with van der Waals surface area (Å²) < 4.78 is 0.668. The minimum absolute atomic E-state index is 0.0674. The average molecular weight is 325 g/mol. The highest BCUT2D eigenvalue weighted by Gasteiger charge is 2.11. The topological polar surface area (TPSA) is 42.0 Å². The lowest BCUT2D eigenvalue weighted by Gasteiger charge is -2.12. The Balaban J connectivity index is 1.95. The van der Waals surface area contributed by atoms with E-state index in [2.05, 4.69) is 32.3 Å². The highest BCUT2D eigenvalue weighted by Crippen LogP contribution is 2.12. The molecule has 0 aliphatic carbocycles. The van der Waals surface area contributed by atoms with Crippen molar-refractivity contribution in [1.82, 2.24) is 10.3 Å². The van der Waals surface area contributed by atoms with E-state index in [1.54, 1.807) is 29.7 Å². The van der Waals surface area contributed by atoms with Crippen molar-refractivity contribution in [1.29, 1.82) is 0 Å². The summed E-state index contributed by atoms with van der Waals surface area (Å²) in [6, 6.07) is 7.64. The third kappa shape index (κ3) is 3.65. The van der Waals surface area contributed by atoms with Crippen LogP contribution in [0.1, 0.15) is 22.2 Å². The van der Waals surface area contributed by atoms with Gasteiger partial charge in [0.25, 0.3) is 5.91 Å². The smallest absolute Gasteiger partial charge is 0.251 e. The van der Waals surface area contributed by atoms with Crippen molar-refractivity contribution in [3.63, 3.8) is 0 Å². The van der Waals surface area contributed by atoms with Gasteiger partial charge in [0.15, 0.2) is 0 Å². The number of carbonyl (C=O) groups is 1. The second kappa shape index (κ2) is 6.11. The number of hydrogen-bond donors (Lipinski definition) is 1. The SMILES string of the molecule is CC(Cc1cccs1)NC(=O)c1ccnc(Br)c1. The summed E-state index contributed by atoms with van der Waals surface area (Å²) in [6.07, 6.45) is 2.47. The fourth-order valence-electron chi connectivity index (χ4n) is 1.63. The van der Waals surface area contributed by atoms with Gasteiger partial charge in [0.2, 0.25) is 0 Å². The predicted molar refractivity (Wildman–Crippen MR) is 76.9 cm³/mol. The Morgan fingerprint density at radius 1 is 1.56 bits per heavy atom. The lowest BCUT2D eigenvalue weighted by Crippen LogP contribution is -2.33. The quantitative estimate of drug-likeness (QED) is 0.877. The van der Waals surface area contributed by atoms with E-state index in [4.69, 9.17) is 0 Å². The molecule has 94 valence electrons. The van der Waals surface area contributed by atoms with E-state index in [1.807, 2.05) is 18.4 Å². The van der Waals surface area contributed by atoms with Crippen LogP contribution in [-0.4, -0.2) is 16.9 Å². The summed E-state index contributed by atoms with van der Waals surface area (Å²) in [5.41, 5.74) is 0.620. The summed E-state index contributed by atoms with van der Waals surface area (Å²) in [5.74, 6) is -0.0674. The van der Waals surface area contributed by atoms with Crippen molar-refractivity contribution >= 4 is 33.2 Å². The number of aromatic nitrogens is 1. The second-order valence-electron chi connectivity index (χ2n) is 4.03. The summed E-state index contributed by atoms with van der Waals surface area (Å²) in [6.45, 7) is 2.01. The molecular formula is C13H13BrN2OS. The van der Waals surface area contributed by atoms with Gasteiger partial charge >= 0.3 is 0 Å². The van der Waals surface area contributed by atoms with Crippen molar-refractivity contribution in [2.75, 3.05) is 0 Å². The van der Waals surface area contributed by atoms with E-state index in [1.165, 1.54) is 4.88 Å². The number of hydrogen-bond acceptors (Lipinski definition) is 3. The molecule has 0 aliphatic rings. The number of carbonyl (C=O) groups excluding carboxylic acids is 1. The molecule has 3 nitrogen and oxygen atoms in total. The summed E-state index contributed by atoms with van der Waals surface area (Å²) in [7, 11) is 0. The first kappa shape index (κ1) is 13.2. The molecule has 1 amide bonds. The van der Waals surface area contributed by atoms with Gasteiger partial charge in [-0.1, -0.05) is 6.07 Å². The van der Waals surface area contributed by atoms with Gasteiger partial charge in [0.1, 0.15) is 4.60 Å². The Labute approximate surface area is 118 Å². The van der Waals surface area contributed by atoms with Gasteiger partial charge in [-0.05, 0) is 46.4 Å². The van der Waals surface area contributed by atoms with E-state index in [9.17, 15) is 4.79 Å². The molecule has 0 saturated heterocycles. The van der Waals surface area contributed by atoms with Crippen LogP contribution in [0.3, 0.4) is 0 Å². The minimum Gasteiger partial charge on any atom is -0.349 e. The van der Waals surface area contributed by atoms with Gasteiger partial charge in [-0.25, -0.2) is 4.98 Å². The second-order valence-corrected chi connectivity index (χ2v) is 5.87. The number of thiophene rings is 1. The number of pyridine rings is 1. The van der Waals surface area contributed by atoms with Gasteiger partial charge in [-0.2, -0.15) is 0 Å². The van der Waals surface area contributed by atoms with Crippen LogP contribution in [0.25, 0.3) is 0 Å². The standard InChI is InChI=1S/C13H13BrN2OS/c1-9(7-11-3-2-6-18-11)16-13(17)10-4-5-15-12(14)8-10/h2-6,8-9H,7H2,1H3,(H,16,17). The third-order valence-corrected chi connectivity index (χ3v) is 3.79. The highest BCUT2D eigenvalue weighted by molar-refractivity contribution is 9.10. The van der Waals surface area contributed by atoms with E-state index < -0.39 is 0 Å². The van der Waals surface area contributed by atoms with Crippen LogP contribution in [0.4, 0.5) is 0 Å². The van der Waals surface area contributed by atoms with Crippen LogP contribution in [0, 0.1) is 0 Å². The molecule has 2 rings (SSSR count). The monoisotopic (exact) mass is 324 g/mol. The van der Waals surface area contributed by atoms with Crippen molar-refractivity contribution < 1.29 is 4.79 Å². The van der Waals surface area contributed by atoms with E-state index in [0.29, 0.717) is 10.2 Å². The molecule has 0 spiro atoms. The Morgan fingerprint density at radius 2 is 2.39 bits per heavy atom. The number of nitrogens with one attached hydrogen (secondary N) is 1. The van der Waals surface area contributed by atoms with E-state index in [0.717, 1.165) is 6.42 Å². The van der Waals surface area contributed by atoms with Gasteiger partial charge < -0.3 is 5.32 Å². The van der Waals surface area contributed by atoms with Crippen molar-refractivity contribution in [3.8, 4) is 0 Å². The fourth-order valence-corrected chi connectivity index (χ4v) is 2.83. The van der Waals surface area contributed by atoms with Crippen molar-refractivity contribution in [3.05, 3.63) is 50.9 Å². The molecule has 1 N–H and O–H groups in total. The average Bonchev–Trinajstić information content (AvgIpc) is 2.81. The number of nitrogens with zero attached hydrogens (tertiary/aromatic N) is 1. The maximum Gasteiger partial charge on any atom is 0.251 e. The van der Waals surface area contributed by atoms with Crippen LogP contribution in [0.5, 0.6) is 0 Å². The summed E-state index contributed by atoms with van der Waals surface area (Å²) in [5, 5.41) is 5.03. The molecular weight excluding hydrogens is 312 g/mol. The van der Waals surface area contributed by atoms with Gasteiger partial charge in [0, 0.05) is 29.1 Å². The Hall–Kier alpha value is -1.20. The maximum atomic E-state index is 12.0. The number of amides is 1. The van der Waals surface area contributed by atoms with Gasteiger partial charge in [-0.3, -0.25) is 4.79 Å². The van der Waals surface area contributed by atoms with Crippen LogP contribution < -0.4 is 5.32 Å². The molecule has 5 heteroatoms. The normalized spacial score (nSPS) is 12.1. The fraction of sp³-hybridized carbons (Fsp3) is 0.231. The van der Waals surface area contributed by atoms with Gasteiger partial charge in [-0.15, -0.1) is 11.3 Å². The molecule has 1 unspecified atom stereocenters. The van der Waals surface area contributed by atoms with Crippen LogP contribution in [0.15, 0.2) is 40.4 Å². The van der Waals surface area contributed by atoms with Crippen molar-refractivity contribution in [2.45, 2.75) is 19.4 Å². The first-order chi connectivity index (χ1) is 8.65. The molecule has 2 aromatic rings. The highest BCUT2D eigenvalue weighted by atomic mass is 79.9. The maximum absolute atomic E-state index is 12.0. The molecule has 2 aromatic heterocycles. The Morgan fingerprint density at radius 3 is 3.06 bits per heavy atom.